The molecule has 7 nitrogen and oxygen atoms in total. The second kappa shape index (κ2) is 9.21. The van der Waals surface area contributed by atoms with Gasteiger partial charge in [-0.1, -0.05) is 0 Å². The number of rotatable bonds is 9. The standard InChI is InChI=1S/C19H29N3O4/c1-25-17-4-6-18(7-5-17)26-14-16(23)12-21-8-10-22(11-9-21)13-19(24)20-15-2-3-15/h4-7,15-16,23H,2-3,8-14H2,1H3,(H,20,24)/t16-/m1/s1. The van der Waals surface area contributed by atoms with Gasteiger partial charge in [0, 0.05) is 38.8 Å². The van der Waals surface area contributed by atoms with Gasteiger partial charge in [-0.05, 0) is 37.1 Å². The highest BCUT2D eigenvalue weighted by Gasteiger charge is 2.25. The molecule has 144 valence electrons. The van der Waals surface area contributed by atoms with Crippen LogP contribution < -0.4 is 14.8 Å². The molecule has 1 atom stereocenters. The summed E-state index contributed by atoms with van der Waals surface area (Å²) in [6.45, 7) is 4.74. The third-order valence-corrected chi connectivity index (χ3v) is 4.75. The molecule has 1 saturated carbocycles. The molecule has 0 bridgehead atoms. The van der Waals surface area contributed by atoms with E-state index in [2.05, 4.69) is 15.1 Å². The summed E-state index contributed by atoms with van der Waals surface area (Å²) in [4.78, 5) is 16.2. The van der Waals surface area contributed by atoms with Crippen LogP contribution in [0.1, 0.15) is 12.8 Å². The Hall–Kier alpha value is -1.83. The summed E-state index contributed by atoms with van der Waals surface area (Å²) in [5.41, 5.74) is 0. The Kier molecular flexibility index (Phi) is 6.71. The molecule has 1 aliphatic carbocycles. The Morgan fingerprint density at radius 2 is 1.77 bits per heavy atom. The summed E-state index contributed by atoms with van der Waals surface area (Å²) in [6.07, 6.45) is 1.70. The molecule has 1 aliphatic heterocycles. The van der Waals surface area contributed by atoms with Crippen molar-refractivity contribution in [2.45, 2.75) is 25.0 Å². The van der Waals surface area contributed by atoms with Crippen molar-refractivity contribution in [1.29, 1.82) is 0 Å². The first-order valence-electron chi connectivity index (χ1n) is 9.31. The van der Waals surface area contributed by atoms with Crippen molar-refractivity contribution in [1.82, 2.24) is 15.1 Å². The first-order chi connectivity index (χ1) is 12.6. The monoisotopic (exact) mass is 363 g/mol. The van der Waals surface area contributed by atoms with E-state index in [0.717, 1.165) is 50.5 Å². The number of piperazine rings is 1. The van der Waals surface area contributed by atoms with Crippen LogP contribution in [0.5, 0.6) is 11.5 Å². The fourth-order valence-corrected chi connectivity index (χ4v) is 3.05. The van der Waals surface area contributed by atoms with Gasteiger partial charge in [0.05, 0.1) is 13.7 Å². The number of nitrogens with zero attached hydrogens (tertiary/aromatic N) is 2. The van der Waals surface area contributed by atoms with E-state index in [1.54, 1.807) is 7.11 Å². The summed E-state index contributed by atoms with van der Waals surface area (Å²) in [5.74, 6) is 1.63. The molecule has 1 aromatic carbocycles. The van der Waals surface area contributed by atoms with Gasteiger partial charge in [-0.3, -0.25) is 14.6 Å². The molecule has 0 aromatic heterocycles. The van der Waals surface area contributed by atoms with E-state index in [-0.39, 0.29) is 12.5 Å². The van der Waals surface area contributed by atoms with Crippen molar-refractivity contribution in [2.24, 2.45) is 0 Å². The lowest BCUT2D eigenvalue weighted by molar-refractivity contribution is -0.122. The van der Waals surface area contributed by atoms with Crippen molar-refractivity contribution in [2.75, 3.05) is 53.0 Å². The SMILES string of the molecule is COc1ccc(OC[C@H](O)CN2CCN(CC(=O)NC3CC3)CC2)cc1. The molecule has 0 radical (unpaired) electrons. The quantitative estimate of drug-likeness (QED) is 0.659. The Bertz CT molecular complexity index is 569. The van der Waals surface area contributed by atoms with Crippen molar-refractivity contribution >= 4 is 5.91 Å². The van der Waals surface area contributed by atoms with E-state index < -0.39 is 6.10 Å². The number of methoxy groups -OCH3 is 1. The van der Waals surface area contributed by atoms with Gasteiger partial charge in [0.2, 0.25) is 5.91 Å². The molecule has 2 N–H and O–H groups in total. The second-order valence-electron chi connectivity index (χ2n) is 7.06. The lowest BCUT2D eigenvalue weighted by atomic mass is 10.2. The van der Waals surface area contributed by atoms with E-state index >= 15 is 0 Å². The van der Waals surface area contributed by atoms with Crippen molar-refractivity contribution in [3.8, 4) is 11.5 Å². The first-order valence-corrected chi connectivity index (χ1v) is 9.31. The number of hydrogen-bond acceptors (Lipinski definition) is 6. The van der Waals surface area contributed by atoms with Crippen LogP contribution in [0.15, 0.2) is 24.3 Å². The van der Waals surface area contributed by atoms with Crippen molar-refractivity contribution in [3.05, 3.63) is 24.3 Å². The average Bonchev–Trinajstić information content (AvgIpc) is 3.46. The second-order valence-corrected chi connectivity index (χ2v) is 7.06. The van der Waals surface area contributed by atoms with Crippen LogP contribution in [0.3, 0.4) is 0 Å². The fraction of sp³-hybridized carbons (Fsp3) is 0.632. The summed E-state index contributed by atoms with van der Waals surface area (Å²) in [7, 11) is 1.62. The third-order valence-electron chi connectivity index (χ3n) is 4.75. The Balaban J connectivity index is 1.31. The Morgan fingerprint density at radius 3 is 2.38 bits per heavy atom. The number of carbonyl (C=O) groups excluding carboxylic acids is 1. The van der Waals surface area contributed by atoms with Crippen LogP contribution >= 0.6 is 0 Å². The summed E-state index contributed by atoms with van der Waals surface area (Å²) < 4.78 is 10.7. The maximum atomic E-state index is 11.9. The molecule has 26 heavy (non-hydrogen) atoms. The van der Waals surface area contributed by atoms with E-state index in [4.69, 9.17) is 9.47 Å². The van der Waals surface area contributed by atoms with Crippen LogP contribution in [0, 0.1) is 0 Å². The van der Waals surface area contributed by atoms with Gasteiger partial charge >= 0.3 is 0 Å². The maximum Gasteiger partial charge on any atom is 0.234 e. The molecule has 7 heteroatoms. The van der Waals surface area contributed by atoms with E-state index in [1.165, 1.54) is 0 Å². The molecule has 0 spiro atoms. The van der Waals surface area contributed by atoms with Crippen LogP contribution in [-0.2, 0) is 4.79 Å². The number of hydrogen-bond donors (Lipinski definition) is 2. The number of aliphatic hydroxyl groups excluding tert-OH is 1. The molecule has 1 aromatic rings. The zero-order chi connectivity index (χ0) is 18.4. The van der Waals surface area contributed by atoms with Gasteiger partial charge in [0.1, 0.15) is 24.2 Å². The number of amides is 1. The number of carbonyl (C=O) groups is 1. The summed E-state index contributed by atoms with van der Waals surface area (Å²) in [6, 6.07) is 7.75. The van der Waals surface area contributed by atoms with Gasteiger partial charge in [0.15, 0.2) is 0 Å². The molecule has 3 rings (SSSR count). The topological polar surface area (TPSA) is 74.3 Å². The summed E-state index contributed by atoms with van der Waals surface area (Å²) in [5, 5.41) is 13.2. The van der Waals surface area contributed by atoms with E-state index in [0.29, 0.717) is 19.1 Å². The van der Waals surface area contributed by atoms with E-state index in [9.17, 15) is 9.90 Å². The van der Waals surface area contributed by atoms with Gasteiger partial charge < -0.3 is 19.9 Å². The highest BCUT2D eigenvalue weighted by molar-refractivity contribution is 5.78. The van der Waals surface area contributed by atoms with Crippen LogP contribution in [-0.4, -0.2) is 85.9 Å². The molecule has 0 unspecified atom stereocenters. The smallest absolute Gasteiger partial charge is 0.234 e. The zero-order valence-corrected chi connectivity index (χ0v) is 15.4. The van der Waals surface area contributed by atoms with Gasteiger partial charge in [0.25, 0.3) is 0 Å². The minimum Gasteiger partial charge on any atom is -0.497 e. The first kappa shape index (κ1) is 18.9. The predicted octanol–water partition coefficient (Wildman–Crippen LogP) is 0.331. The normalized spacial score (nSPS) is 19.8. The number of nitrogens with one attached hydrogen (secondary N) is 1. The lowest BCUT2D eigenvalue weighted by Crippen LogP contribution is -2.51. The molecule has 1 amide bonds. The van der Waals surface area contributed by atoms with E-state index in [1.807, 2.05) is 24.3 Å². The minimum atomic E-state index is -0.540. The number of ether oxygens (including phenoxy) is 2. The third kappa shape index (κ3) is 6.16. The molecule has 1 heterocycles. The van der Waals surface area contributed by atoms with Gasteiger partial charge in [-0.15, -0.1) is 0 Å². The molecule has 2 aliphatic rings. The average molecular weight is 363 g/mol. The number of benzene rings is 1. The predicted molar refractivity (Wildman–Crippen MR) is 98.5 cm³/mol. The summed E-state index contributed by atoms with van der Waals surface area (Å²) >= 11 is 0. The van der Waals surface area contributed by atoms with Crippen molar-refractivity contribution < 1.29 is 19.4 Å². The molecular weight excluding hydrogens is 334 g/mol. The Morgan fingerprint density at radius 1 is 1.15 bits per heavy atom. The van der Waals surface area contributed by atoms with Crippen LogP contribution in [0.2, 0.25) is 0 Å². The molecular formula is C19H29N3O4. The maximum absolute atomic E-state index is 11.9. The van der Waals surface area contributed by atoms with Crippen molar-refractivity contribution in [3.63, 3.8) is 0 Å². The number of aliphatic hydroxyl groups is 1. The molecule has 1 saturated heterocycles. The van der Waals surface area contributed by atoms with Gasteiger partial charge in [-0.25, -0.2) is 0 Å². The highest BCUT2D eigenvalue weighted by atomic mass is 16.5. The Labute approximate surface area is 154 Å². The lowest BCUT2D eigenvalue weighted by Gasteiger charge is -2.35. The fourth-order valence-electron chi connectivity index (χ4n) is 3.05. The van der Waals surface area contributed by atoms with Crippen LogP contribution in [0.25, 0.3) is 0 Å². The minimum absolute atomic E-state index is 0.133. The zero-order valence-electron chi connectivity index (χ0n) is 15.4. The molecule has 2 fully saturated rings. The number of β-amino-alcohol motifs (C(OH)–C–C–N with tert-alkyl or cyclic N) is 1. The highest BCUT2D eigenvalue weighted by Crippen LogP contribution is 2.18. The van der Waals surface area contributed by atoms with Crippen LogP contribution in [0.4, 0.5) is 0 Å². The van der Waals surface area contributed by atoms with Gasteiger partial charge in [-0.2, -0.15) is 0 Å². The largest absolute Gasteiger partial charge is 0.497 e.